The van der Waals surface area contributed by atoms with Gasteiger partial charge in [-0.2, -0.15) is 0 Å². The Morgan fingerprint density at radius 3 is 1.95 bits per heavy atom. The van der Waals surface area contributed by atoms with E-state index in [0.717, 1.165) is 39.3 Å². The van der Waals surface area contributed by atoms with Gasteiger partial charge in [0.25, 0.3) is 0 Å². The largest absolute Gasteiger partial charge is 0.310 e. The van der Waals surface area contributed by atoms with Crippen molar-refractivity contribution in [3.05, 3.63) is 159 Å². The molecule has 0 radical (unpaired) electrons. The molecule has 7 rings (SSSR count). The summed E-state index contributed by atoms with van der Waals surface area (Å²) in [4.78, 5) is 16.5. The summed E-state index contributed by atoms with van der Waals surface area (Å²) < 4.78 is 0. The van der Waals surface area contributed by atoms with Gasteiger partial charge in [-0.3, -0.25) is 4.79 Å². The first-order chi connectivity index (χ1) is 19.2. The van der Waals surface area contributed by atoms with Gasteiger partial charge in [0.2, 0.25) is 0 Å². The Hall–Kier alpha value is -4.43. The van der Waals surface area contributed by atoms with Crippen LogP contribution >= 0.6 is 0 Å². The molecule has 2 nitrogen and oxygen atoms in total. The van der Waals surface area contributed by atoms with Crippen LogP contribution < -0.4 is 4.90 Å². The SMILES string of the molecule is Cc1ccc(N2c3ccccc3C3(c4ccccc4C(=O)c4ccc(C(C)(C)C)cc43)c3cc(C)ccc32)cc1. The highest BCUT2D eigenvalue weighted by atomic mass is 16.1. The predicted octanol–water partition coefficient (Wildman–Crippen LogP) is 9.31. The minimum atomic E-state index is -0.639. The van der Waals surface area contributed by atoms with E-state index in [1.807, 2.05) is 12.1 Å². The number of aryl methyl sites for hydroxylation is 2. The first-order valence-electron chi connectivity index (χ1n) is 14.1. The minimum Gasteiger partial charge on any atom is -0.310 e. The highest BCUT2D eigenvalue weighted by molar-refractivity contribution is 6.14. The Balaban J connectivity index is 1.68. The zero-order valence-corrected chi connectivity index (χ0v) is 23.7. The highest BCUT2D eigenvalue weighted by Gasteiger charge is 2.52. The average molecular weight is 520 g/mol. The highest BCUT2D eigenvalue weighted by Crippen LogP contribution is 2.60. The number of fused-ring (bicyclic) bond motifs is 8. The molecule has 1 aliphatic carbocycles. The second-order valence-electron chi connectivity index (χ2n) is 12.3. The van der Waals surface area contributed by atoms with E-state index >= 15 is 0 Å². The lowest BCUT2D eigenvalue weighted by molar-refractivity contribution is 0.103. The number of hydrogen-bond donors (Lipinski definition) is 0. The summed E-state index contributed by atoms with van der Waals surface area (Å²) in [5.41, 5.74) is 12.5. The molecule has 0 amide bonds. The van der Waals surface area contributed by atoms with Gasteiger partial charge in [0, 0.05) is 16.8 Å². The number of carbonyl (C=O) groups is 1. The third kappa shape index (κ3) is 3.32. The third-order valence-electron chi connectivity index (χ3n) is 8.75. The van der Waals surface area contributed by atoms with E-state index in [4.69, 9.17) is 0 Å². The molecule has 5 aromatic carbocycles. The van der Waals surface area contributed by atoms with Crippen molar-refractivity contribution in [1.29, 1.82) is 0 Å². The molecule has 2 heteroatoms. The number of benzene rings is 5. The Morgan fingerprint density at radius 2 is 1.20 bits per heavy atom. The van der Waals surface area contributed by atoms with E-state index in [1.54, 1.807) is 0 Å². The lowest BCUT2D eigenvalue weighted by atomic mass is 9.57. The average Bonchev–Trinajstić information content (AvgIpc) is 2.95. The van der Waals surface area contributed by atoms with Crippen molar-refractivity contribution in [2.24, 2.45) is 0 Å². The molecule has 1 unspecified atom stereocenters. The molecule has 1 heterocycles. The maximum absolute atomic E-state index is 14.1. The minimum absolute atomic E-state index is 0.0617. The second kappa shape index (κ2) is 8.53. The maximum Gasteiger partial charge on any atom is 0.193 e. The third-order valence-corrected chi connectivity index (χ3v) is 8.75. The second-order valence-corrected chi connectivity index (χ2v) is 12.3. The van der Waals surface area contributed by atoms with Gasteiger partial charge < -0.3 is 4.90 Å². The van der Waals surface area contributed by atoms with Gasteiger partial charge in [-0.25, -0.2) is 0 Å². The van der Waals surface area contributed by atoms with Crippen LogP contribution in [0.3, 0.4) is 0 Å². The van der Waals surface area contributed by atoms with Gasteiger partial charge in [-0.15, -0.1) is 0 Å². The molecule has 2 aliphatic rings. The van der Waals surface area contributed by atoms with Crippen LogP contribution in [0.5, 0.6) is 0 Å². The molecule has 1 aliphatic heterocycles. The summed E-state index contributed by atoms with van der Waals surface area (Å²) in [5, 5.41) is 0. The number of nitrogens with zero attached hydrogens (tertiary/aromatic N) is 1. The summed E-state index contributed by atoms with van der Waals surface area (Å²) in [5.74, 6) is 0.101. The zero-order chi connectivity index (χ0) is 27.8. The summed E-state index contributed by atoms with van der Waals surface area (Å²) >= 11 is 0. The van der Waals surface area contributed by atoms with Crippen LogP contribution in [0.2, 0.25) is 0 Å². The molecule has 0 fully saturated rings. The molecule has 0 N–H and O–H groups in total. The van der Waals surface area contributed by atoms with Crippen molar-refractivity contribution in [2.45, 2.75) is 45.4 Å². The fourth-order valence-electron chi connectivity index (χ4n) is 6.78. The first kappa shape index (κ1) is 24.6. The quantitative estimate of drug-likeness (QED) is 0.215. The Kier molecular flexibility index (Phi) is 5.25. The van der Waals surface area contributed by atoms with Crippen molar-refractivity contribution in [3.8, 4) is 0 Å². The molecule has 1 atom stereocenters. The molecule has 196 valence electrons. The van der Waals surface area contributed by atoms with Gasteiger partial charge >= 0.3 is 0 Å². The Labute approximate surface area is 236 Å². The number of anilines is 3. The molecule has 40 heavy (non-hydrogen) atoms. The van der Waals surface area contributed by atoms with E-state index < -0.39 is 5.41 Å². The normalized spacial score (nSPS) is 17.2. The molecule has 0 saturated carbocycles. The standard InChI is InChI=1S/C38H33NO/c1-24-14-18-27(19-15-24)39-34-13-9-8-12-31(34)38(33-22-25(2)16-21-35(33)39)30-11-7-6-10-28(30)36(40)29-20-17-26(23-32(29)38)37(3,4)5/h6-23H,1-5H3. The monoisotopic (exact) mass is 519 g/mol. The fourth-order valence-corrected chi connectivity index (χ4v) is 6.78. The van der Waals surface area contributed by atoms with E-state index in [1.165, 1.54) is 27.8 Å². The number of para-hydroxylation sites is 1. The van der Waals surface area contributed by atoms with Crippen LogP contribution in [0, 0.1) is 13.8 Å². The first-order valence-corrected chi connectivity index (χ1v) is 14.1. The molecular formula is C38H33NO. The van der Waals surface area contributed by atoms with Crippen LogP contribution in [-0.4, -0.2) is 5.78 Å². The van der Waals surface area contributed by atoms with E-state index in [2.05, 4.69) is 137 Å². The molecule has 0 saturated heterocycles. The van der Waals surface area contributed by atoms with Gasteiger partial charge in [0.1, 0.15) is 0 Å². The lowest BCUT2D eigenvalue weighted by Crippen LogP contribution is -2.42. The van der Waals surface area contributed by atoms with Crippen molar-refractivity contribution in [1.82, 2.24) is 0 Å². The number of carbonyl (C=O) groups excluding carboxylic acids is 1. The van der Waals surface area contributed by atoms with E-state index in [0.29, 0.717) is 0 Å². The molecule has 5 aromatic rings. The van der Waals surface area contributed by atoms with Gasteiger partial charge in [0.05, 0.1) is 16.8 Å². The molecule has 0 aromatic heterocycles. The Bertz CT molecular complexity index is 1820. The van der Waals surface area contributed by atoms with Crippen LogP contribution in [0.4, 0.5) is 17.1 Å². The van der Waals surface area contributed by atoms with Gasteiger partial charge in [0.15, 0.2) is 5.78 Å². The summed E-state index contributed by atoms with van der Waals surface area (Å²) in [6, 6.07) is 39.1. The zero-order valence-electron chi connectivity index (χ0n) is 23.7. The van der Waals surface area contributed by atoms with E-state index in [-0.39, 0.29) is 11.2 Å². The predicted molar refractivity (Wildman–Crippen MR) is 165 cm³/mol. The van der Waals surface area contributed by atoms with Crippen molar-refractivity contribution in [3.63, 3.8) is 0 Å². The number of ketones is 1. The summed E-state index contributed by atoms with van der Waals surface area (Å²) in [6.45, 7) is 11.0. The maximum atomic E-state index is 14.1. The fraction of sp³-hybridized carbons (Fsp3) is 0.184. The van der Waals surface area contributed by atoms with Crippen molar-refractivity contribution in [2.75, 3.05) is 4.90 Å². The van der Waals surface area contributed by atoms with E-state index in [9.17, 15) is 4.79 Å². The molecule has 1 spiro atoms. The smallest absolute Gasteiger partial charge is 0.193 e. The lowest BCUT2D eigenvalue weighted by Gasteiger charge is -2.49. The number of rotatable bonds is 1. The van der Waals surface area contributed by atoms with Crippen LogP contribution in [0.25, 0.3) is 0 Å². The van der Waals surface area contributed by atoms with Crippen LogP contribution in [-0.2, 0) is 10.8 Å². The van der Waals surface area contributed by atoms with Gasteiger partial charge in [-0.05, 0) is 71.3 Å². The van der Waals surface area contributed by atoms with Crippen molar-refractivity contribution < 1.29 is 4.79 Å². The van der Waals surface area contributed by atoms with Crippen molar-refractivity contribution >= 4 is 22.8 Å². The molecule has 0 bridgehead atoms. The topological polar surface area (TPSA) is 20.3 Å². The van der Waals surface area contributed by atoms with Gasteiger partial charge in [-0.1, -0.05) is 117 Å². The van der Waals surface area contributed by atoms with Crippen LogP contribution in [0.15, 0.2) is 109 Å². The molecular weight excluding hydrogens is 486 g/mol. The Morgan fingerprint density at radius 1 is 0.575 bits per heavy atom. The number of hydrogen-bond acceptors (Lipinski definition) is 2. The summed E-state index contributed by atoms with van der Waals surface area (Å²) in [6.07, 6.45) is 0. The summed E-state index contributed by atoms with van der Waals surface area (Å²) in [7, 11) is 0. The van der Waals surface area contributed by atoms with Crippen LogP contribution in [0.1, 0.15) is 75.6 Å².